The molecular formula is C17H21N3O3. The summed E-state index contributed by atoms with van der Waals surface area (Å²) in [5, 5.41) is 5.96. The Hall–Kier alpha value is -2.60. The molecule has 1 amide bonds. The summed E-state index contributed by atoms with van der Waals surface area (Å²) in [5.41, 5.74) is 1.44. The summed E-state index contributed by atoms with van der Waals surface area (Å²) in [6, 6.07) is 11.1. The predicted molar refractivity (Wildman–Crippen MR) is 88.8 cm³/mol. The first-order valence-electron chi connectivity index (χ1n) is 7.33. The number of para-hydroxylation sites is 1. The van der Waals surface area contributed by atoms with Crippen LogP contribution >= 0.6 is 0 Å². The molecule has 1 aromatic carbocycles. The van der Waals surface area contributed by atoms with Crippen LogP contribution in [-0.4, -0.2) is 38.3 Å². The number of nitrogens with zero attached hydrogens (tertiary/aromatic N) is 1. The van der Waals surface area contributed by atoms with Crippen molar-refractivity contribution in [3.8, 4) is 5.75 Å². The van der Waals surface area contributed by atoms with Crippen molar-refractivity contribution in [3.05, 3.63) is 53.7 Å². The number of carbonyl (C=O) groups is 1. The Bertz CT molecular complexity index is 629. The van der Waals surface area contributed by atoms with E-state index in [2.05, 4.69) is 15.6 Å². The van der Waals surface area contributed by atoms with Crippen LogP contribution in [0.2, 0.25) is 0 Å². The molecule has 23 heavy (non-hydrogen) atoms. The molecular weight excluding hydrogens is 294 g/mol. The molecule has 0 spiro atoms. The molecule has 0 fully saturated rings. The second-order valence-corrected chi connectivity index (χ2v) is 4.85. The monoisotopic (exact) mass is 315 g/mol. The molecule has 0 atom stereocenters. The number of hydrogen-bond donors (Lipinski definition) is 2. The number of aromatic nitrogens is 1. The maximum absolute atomic E-state index is 12.2. The Balaban J connectivity index is 1.90. The number of hydrogen-bond acceptors (Lipinski definition) is 5. The lowest BCUT2D eigenvalue weighted by Crippen LogP contribution is -2.23. The van der Waals surface area contributed by atoms with Crippen molar-refractivity contribution in [2.24, 2.45) is 0 Å². The summed E-state index contributed by atoms with van der Waals surface area (Å²) in [6.45, 7) is 1.67. The van der Waals surface area contributed by atoms with E-state index in [9.17, 15) is 4.79 Å². The highest BCUT2D eigenvalue weighted by Gasteiger charge is 2.08. The average Bonchev–Trinajstić information content (AvgIpc) is 2.60. The van der Waals surface area contributed by atoms with Gasteiger partial charge in [-0.25, -0.2) is 4.98 Å². The van der Waals surface area contributed by atoms with Gasteiger partial charge in [-0.15, -0.1) is 0 Å². The molecule has 0 aliphatic heterocycles. The molecule has 0 aliphatic carbocycles. The van der Waals surface area contributed by atoms with Crippen molar-refractivity contribution in [3.63, 3.8) is 0 Å². The SMILES string of the molecule is COCCNc1ccc(C(=O)NCc2ccccc2OC)cn1. The van der Waals surface area contributed by atoms with E-state index in [4.69, 9.17) is 9.47 Å². The quantitative estimate of drug-likeness (QED) is 0.730. The standard InChI is InChI=1S/C17H21N3O3/c1-22-10-9-18-16-8-7-14(12-19-16)17(21)20-11-13-5-3-4-6-15(13)23-2/h3-8,12H,9-11H2,1-2H3,(H,18,19)(H,20,21). The number of methoxy groups -OCH3 is 2. The summed E-state index contributed by atoms with van der Waals surface area (Å²) < 4.78 is 10.2. The van der Waals surface area contributed by atoms with Crippen LogP contribution in [0.4, 0.5) is 5.82 Å². The summed E-state index contributed by atoms with van der Waals surface area (Å²) >= 11 is 0. The highest BCUT2D eigenvalue weighted by atomic mass is 16.5. The van der Waals surface area contributed by atoms with E-state index in [0.717, 1.165) is 11.3 Å². The number of amides is 1. The third kappa shape index (κ3) is 4.96. The highest BCUT2D eigenvalue weighted by molar-refractivity contribution is 5.94. The van der Waals surface area contributed by atoms with Gasteiger partial charge in [0, 0.05) is 32.0 Å². The van der Waals surface area contributed by atoms with Crippen LogP contribution < -0.4 is 15.4 Å². The number of carbonyl (C=O) groups excluding carboxylic acids is 1. The fourth-order valence-corrected chi connectivity index (χ4v) is 2.04. The molecule has 0 radical (unpaired) electrons. The first-order chi connectivity index (χ1) is 11.2. The van der Waals surface area contributed by atoms with Gasteiger partial charge in [0.2, 0.25) is 0 Å². The predicted octanol–water partition coefficient (Wildman–Crippen LogP) is 2.08. The molecule has 0 unspecified atom stereocenters. The maximum Gasteiger partial charge on any atom is 0.253 e. The molecule has 2 N–H and O–H groups in total. The van der Waals surface area contributed by atoms with Crippen molar-refractivity contribution in [1.82, 2.24) is 10.3 Å². The number of nitrogens with one attached hydrogen (secondary N) is 2. The zero-order valence-corrected chi connectivity index (χ0v) is 13.3. The molecule has 0 saturated heterocycles. The van der Waals surface area contributed by atoms with Gasteiger partial charge in [0.25, 0.3) is 5.91 Å². The van der Waals surface area contributed by atoms with Crippen molar-refractivity contribution >= 4 is 11.7 Å². The lowest BCUT2D eigenvalue weighted by atomic mass is 10.2. The first kappa shape index (κ1) is 16.8. The molecule has 0 bridgehead atoms. The largest absolute Gasteiger partial charge is 0.496 e. The minimum Gasteiger partial charge on any atom is -0.496 e. The number of pyridine rings is 1. The van der Waals surface area contributed by atoms with Crippen LogP contribution in [0, 0.1) is 0 Å². The third-order valence-electron chi connectivity index (χ3n) is 3.27. The lowest BCUT2D eigenvalue weighted by molar-refractivity contribution is 0.0950. The fraction of sp³-hybridized carbons (Fsp3) is 0.294. The zero-order chi connectivity index (χ0) is 16.5. The van der Waals surface area contributed by atoms with Gasteiger partial charge < -0.3 is 20.1 Å². The Kier molecular flexibility index (Phi) is 6.38. The van der Waals surface area contributed by atoms with Crippen LogP contribution in [0.3, 0.4) is 0 Å². The van der Waals surface area contributed by atoms with Gasteiger partial charge in [-0.1, -0.05) is 18.2 Å². The van der Waals surface area contributed by atoms with E-state index in [1.165, 1.54) is 0 Å². The van der Waals surface area contributed by atoms with Gasteiger partial charge in [0.15, 0.2) is 0 Å². The highest BCUT2D eigenvalue weighted by Crippen LogP contribution is 2.16. The lowest BCUT2D eigenvalue weighted by Gasteiger charge is -2.10. The van der Waals surface area contributed by atoms with Crippen LogP contribution in [0.5, 0.6) is 5.75 Å². The minimum absolute atomic E-state index is 0.174. The number of anilines is 1. The van der Waals surface area contributed by atoms with E-state index in [0.29, 0.717) is 31.1 Å². The zero-order valence-electron chi connectivity index (χ0n) is 13.3. The summed E-state index contributed by atoms with van der Waals surface area (Å²) in [6.07, 6.45) is 1.55. The number of benzene rings is 1. The van der Waals surface area contributed by atoms with Gasteiger partial charge >= 0.3 is 0 Å². The normalized spacial score (nSPS) is 10.2. The van der Waals surface area contributed by atoms with E-state index in [1.807, 2.05) is 24.3 Å². The Labute approximate surface area is 135 Å². The fourth-order valence-electron chi connectivity index (χ4n) is 2.04. The molecule has 122 valence electrons. The van der Waals surface area contributed by atoms with E-state index in [1.54, 1.807) is 32.5 Å². The maximum atomic E-state index is 12.2. The number of ether oxygens (including phenoxy) is 2. The topological polar surface area (TPSA) is 72.5 Å². The van der Waals surface area contributed by atoms with E-state index in [-0.39, 0.29) is 5.91 Å². The van der Waals surface area contributed by atoms with Crippen molar-refractivity contribution in [1.29, 1.82) is 0 Å². The molecule has 2 aromatic rings. The summed E-state index contributed by atoms with van der Waals surface area (Å²) in [7, 11) is 3.25. The van der Waals surface area contributed by atoms with Crippen molar-refractivity contribution in [2.45, 2.75) is 6.54 Å². The van der Waals surface area contributed by atoms with Gasteiger partial charge in [-0.3, -0.25) is 4.79 Å². The van der Waals surface area contributed by atoms with Gasteiger partial charge in [-0.05, 0) is 18.2 Å². The molecule has 1 heterocycles. The van der Waals surface area contributed by atoms with Crippen molar-refractivity contribution < 1.29 is 14.3 Å². The smallest absolute Gasteiger partial charge is 0.253 e. The Morgan fingerprint density at radius 1 is 1.17 bits per heavy atom. The van der Waals surface area contributed by atoms with Crippen LogP contribution in [0.1, 0.15) is 15.9 Å². The van der Waals surface area contributed by atoms with Crippen molar-refractivity contribution in [2.75, 3.05) is 32.7 Å². The van der Waals surface area contributed by atoms with Crippen LogP contribution in [0.25, 0.3) is 0 Å². The van der Waals surface area contributed by atoms with E-state index >= 15 is 0 Å². The molecule has 0 aliphatic rings. The molecule has 6 nitrogen and oxygen atoms in total. The molecule has 0 saturated carbocycles. The number of rotatable bonds is 8. The second kappa shape index (κ2) is 8.75. The molecule has 6 heteroatoms. The van der Waals surface area contributed by atoms with Gasteiger partial charge in [0.1, 0.15) is 11.6 Å². The molecule has 1 aromatic heterocycles. The third-order valence-corrected chi connectivity index (χ3v) is 3.27. The first-order valence-corrected chi connectivity index (χ1v) is 7.33. The molecule has 2 rings (SSSR count). The van der Waals surface area contributed by atoms with Gasteiger partial charge in [0.05, 0.1) is 19.3 Å². The second-order valence-electron chi connectivity index (χ2n) is 4.85. The Morgan fingerprint density at radius 2 is 2.00 bits per heavy atom. The minimum atomic E-state index is -0.174. The van der Waals surface area contributed by atoms with Crippen LogP contribution in [-0.2, 0) is 11.3 Å². The Morgan fingerprint density at radius 3 is 2.70 bits per heavy atom. The summed E-state index contributed by atoms with van der Waals surface area (Å²) in [5.74, 6) is 1.29. The van der Waals surface area contributed by atoms with Crippen LogP contribution in [0.15, 0.2) is 42.6 Å². The van der Waals surface area contributed by atoms with E-state index < -0.39 is 0 Å². The summed E-state index contributed by atoms with van der Waals surface area (Å²) in [4.78, 5) is 16.4. The average molecular weight is 315 g/mol. The van der Waals surface area contributed by atoms with Gasteiger partial charge in [-0.2, -0.15) is 0 Å².